The first-order valence-corrected chi connectivity index (χ1v) is 13.3. The third-order valence-corrected chi connectivity index (χ3v) is 6.70. The summed E-state index contributed by atoms with van der Waals surface area (Å²) >= 11 is 8.58. The summed E-state index contributed by atoms with van der Waals surface area (Å²) in [5, 5.41) is 2.48. The first-order valence-electron chi connectivity index (χ1n) is 12.1. The average molecular weight is 596 g/mol. The fraction of sp³-hybridized carbons (Fsp3) is 0.214. The third-order valence-electron chi connectivity index (χ3n) is 6.01. The van der Waals surface area contributed by atoms with Crippen molar-refractivity contribution in [3.63, 3.8) is 0 Å². The van der Waals surface area contributed by atoms with Crippen molar-refractivity contribution in [2.45, 2.75) is 19.4 Å². The molecule has 1 heterocycles. The molecular formula is C28H27BrN4O4S. The van der Waals surface area contributed by atoms with E-state index in [0.29, 0.717) is 41.9 Å². The number of halogens is 1. The summed E-state index contributed by atoms with van der Waals surface area (Å²) in [7, 11) is 0. The van der Waals surface area contributed by atoms with Crippen LogP contribution in [0.4, 0.5) is 0 Å². The molecule has 0 radical (unpaired) electrons. The van der Waals surface area contributed by atoms with Crippen LogP contribution in [0.15, 0.2) is 83.3 Å². The van der Waals surface area contributed by atoms with Crippen LogP contribution in [0.5, 0.6) is 5.75 Å². The standard InChI is InChI=1S/C28H27BrN4O4S/c29-22-11-12-24(37-14-13-19-7-3-1-4-8-19)23(16-22)27(36)30-28(38)32-31-26(35)21-15-25(34)33(18-21)17-20-9-5-2-6-10-20/h1-12,16,21H,13-15,17-18H2,(H,31,35)(H2,30,32,36,38). The van der Waals surface area contributed by atoms with Gasteiger partial charge in [0.25, 0.3) is 5.91 Å². The van der Waals surface area contributed by atoms with E-state index < -0.39 is 11.8 Å². The number of hydrogen-bond donors (Lipinski definition) is 3. The molecule has 1 aliphatic rings. The molecule has 3 amide bonds. The van der Waals surface area contributed by atoms with Gasteiger partial charge in [-0.2, -0.15) is 0 Å². The highest BCUT2D eigenvalue weighted by atomic mass is 79.9. The summed E-state index contributed by atoms with van der Waals surface area (Å²) < 4.78 is 6.58. The predicted octanol–water partition coefficient (Wildman–Crippen LogP) is 3.75. The lowest BCUT2D eigenvalue weighted by atomic mass is 10.1. The number of ether oxygens (including phenoxy) is 1. The van der Waals surface area contributed by atoms with Crippen molar-refractivity contribution in [3.05, 3.63) is 100 Å². The second-order valence-electron chi connectivity index (χ2n) is 8.78. The molecule has 3 N–H and O–H groups in total. The number of amides is 3. The molecule has 0 saturated carbocycles. The molecule has 196 valence electrons. The molecule has 0 bridgehead atoms. The summed E-state index contributed by atoms with van der Waals surface area (Å²) in [6, 6.07) is 24.7. The Morgan fingerprint density at radius 2 is 1.66 bits per heavy atom. The number of carbonyl (C=O) groups is 3. The second kappa shape index (κ2) is 13.2. The van der Waals surface area contributed by atoms with E-state index in [-0.39, 0.29) is 23.3 Å². The number of nitrogens with zero attached hydrogens (tertiary/aromatic N) is 1. The van der Waals surface area contributed by atoms with Gasteiger partial charge < -0.3 is 9.64 Å². The zero-order chi connectivity index (χ0) is 26.9. The Bertz CT molecular complexity index is 1310. The highest BCUT2D eigenvalue weighted by Crippen LogP contribution is 2.24. The molecule has 10 heteroatoms. The topological polar surface area (TPSA) is 99.8 Å². The summed E-state index contributed by atoms with van der Waals surface area (Å²) in [6.07, 6.45) is 0.803. The van der Waals surface area contributed by atoms with Crippen LogP contribution in [0.25, 0.3) is 0 Å². The quantitative estimate of drug-likeness (QED) is 0.271. The maximum Gasteiger partial charge on any atom is 0.261 e. The summed E-state index contributed by atoms with van der Waals surface area (Å²) in [5.74, 6) is -1.06. The molecule has 1 fully saturated rings. The number of benzene rings is 3. The minimum Gasteiger partial charge on any atom is -0.492 e. The fourth-order valence-electron chi connectivity index (χ4n) is 4.06. The predicted molar refractivity (Wildman–Crippen MR) is 151 cm³/mol. The Morgan fingerprint density at radius 1 is 0.974 bits per heavy atom. The second-order valence-corrected chi connectivity index (χ2v) is 10.1. The van der Waals surface area contributed by atoms with Crippen LogP contribution in [0, 0.1) is 5.92 Å². The van der Waals surface area contributed by atoms with Gasteiger partial charge in [0.1, 0.15) is 5.75 Å². The normalized spacial score (nSPS) is 14.6. The van der Waals surface area contributed by atoms with Crippen LogP contribution in [0.1, 0.15) is 27.9 Å². The third kappa shape index (κ3) is 7.62. The number of likely N-dealkylation sites (tertiary alicyclic amines) is 1. The number of rotatable bonds is 8. The van der Waals surface area contributed by atoms with Crippen LogP contribution < -0.4 is 20.9 Å². The fourth-order valence-corrected chi connectivity index (χ4v) is 4.56. The van der Waals surface area contributed by atoms with E-state index in [2.05, 4.69) is 32.1 Å². The lowest BCUT2D eigenvalue weighted by molar-refractivity contribution is -0.129. The van der Waals surface area contributed by atoms with E-state index in [1.807, 2.05) is 60.7 Å². The van der Waals surface area contributed by atoms with E-state index >= 15 is 0 Å². The molecule has 1 atom stereocenters. The average Bonchev–Trinajstić information content (AvgIpc) is 3.29. The Hall–Kier alpha value is -3.76. The molecule has 1 unspecified atom stereocenters. The molecule has 0 spiro atoms. The van der Waals surface area contributed by atoms with E-state index in [1.54, 1.807) is 23.1 Å². The van der Waals surface area contributed by atoms with Crippen LogP contribution in [0.2, 0.25) is 0 Å². The van der Waals surface area contributed by atoms with Gasteiger partial charge in [0, 0.05) is 30.4 Å². The molecule has 0 aliphatic carbocycles. The SMILES string of the molecule is O=C(NC(=S)NNC(=O)C1CC(=O)N(Cc2ccccc2)C1)c1cc(Br)ccc1OCCc1ccccc1. The van der Waals surface area contributed by atoms with Crippen molar-refractivity contribution >= 4 is 51.0 Å². The molecule has 1 aliphatic heterocycles. The van der Waals surface area contributed by atoms with Gasteiger partial charge in [0.15, 0.2) is 5.11 Å². The van der Waals surface area contributed by atoms with Gasteiger partial charge in [-0.15, -0.1) is 0 Å². The zero-order valence-corrected chi connectivity index (χ0v) is 22.9. The molecule has 3 aromatic carbocycles. The van der Waals surface area contributed by atoms with Gasteiger partial charge in [-0.1, -0.05) is 76.6 Å². The number of hydrazine groups is 1. The summed E-state index contributed by atoms with van der Waals surface area (Å²) in [5.41, 5.74) is 7.48. The van der Waals surface area contributed by atoms with Crippen LogP contribution in [-0.4, -0.2) is 40.9 Å². The number of nitrogens with one attached hydrogen (secondary N) is 3. The Morgan fingerprint density at radius 3 is 2.37 bits per heavy atom. The van der Waals surface area contributed by atoms with Crippen molar-refractivity contribution in [2.75, 3.05) is 13.2 Å². The minimum atomic E-state index is -0.521. The summed E-state index contributed by atoms with van der Waals surface area (Å²) in [6.45, 7) is 1.15. The Labute approximate surface area is 234 Å². The van der Waals surface area contributed by atoms with Gasteiger partial charge >= 0.3 is 0 Å². The van der Waals surface area contributed by atoms with Gasteiger partial charge in [-0.05, 0) is 41.5 Å². The van der Waals surface area contributed by atoms with Gasteiger partial charge in [-0.25, -0.2) is 0 Å². The number of carbonyl (C=O) groups excluding carboxylic acids is 3. The van der Waals surface area contributed by atoms with Crippen LogP contribution in [-0.2, 0) is 22.6 Å². The molecule has 8 nitrogen and oxygen atoms in total. The minimum absolute atomic E-state index is 0.0796. The molecule has 3 aromatic rings. The Balaban J connectivity index is 1.26. The first-order chi connectivity index (χ1) is 18.4. The number of hydrogen-bond acceptors (Lipinski definition) is 5. The molecule has 4 rings (SSSR count). The van der Waals surface area contributed by atoms with Gasteiger partial charge in [-0.3, -0.25) is 30.6 Å². The van der Waals surface area contributed by atoms with Gasteiger partial charge in [0.05, 0.1) is 18.1 Å². The van der Waals surface area contributed by atoms with Crippen molar-refractivity contribution in [1.29, 1.82) is 0 Å². The maximum absolute atomic E-state index is 12.9. The maximum atomic E-state index is 12.9. The highest BCUT2D eigenvalue weighted by molar-refractivity contribution is 9.10. The van der Waals surface area contributed by atoms with Crippen molar-refractivity contribution < 1.29 is 19.1 Å². The smallest absolute Gasteiger partial charge is 0.261 e. The van der Waals surface area contributed by atoms with Crippen molar-refractivity contribution in [2.24, 2.45) is 5.92 Å². The van der Waals surface area contributed by atoms with Crippen LogP contribution >= 0.6 is 28.1 Å². The summed E-state index contributed by atoms with van der Waals surface area (Å²) in [4.78, 5) is 39.6. The molecule has 38 heavy (non-hydrogen) atoms. The largest absolute Gasteiger partial charge is 0.492 e. The Kier molecular flexibility index (Phi) is 9.45. The van der Waals surface area contributed by atoms with E-state index in [1.165, 1.54) is 0 Å². The molecule has 1 saturated heterocycles. The van der Waals surface area contributed by atoms with Crippen LogP contribution in [0.3, 0.4) is 0 Å². The zero-order valence-electron chi connectivity index (χ0n) is 20.5. The lowest BCUT2D eigenvalue weighted by Crippen LogP contribution is -2.50. The van der Waals surface area contributed by atoms with Crippen molar-refractivity contribution in [3.8, 4) is 5.75 Å². The van der Waals surface area contributed by atoms with E-state index in [9.17, 15) is 14.4 Å². The molecular weight excluding hydrogens is 568 g/mol. The van der Waals surface area contributed by atoms with Gasteiger partial charge in [0.2, 0.25) is 11.8 Å². The van der Waals surface area contributed by atoms with E-state index in [4.69, 9.17) is 17.0 Å². The molecule has 0 aromatic heterocycles. The monoisotopic (exact) mass is 594 g/mol. The van der Waals surface area contributed by atoms with E-state index in [0.717, 1.165) is 11.1 Å². The number of thiocarbonyl (C=S) groups is 1. The van der Waals surface area contributed by atoms with Crippen molar-refractivity contribution in [1.82, 2.24) is 21.1 Å². The first kappa shape index (κ1) is 27.3. The lowest BCUT2D eigenvalue weighted by Gasteiger charge is -2.17. The highest BCUT2D eigenvalue weighted by Gasteiger charge is 2.34.